The van der Waals surface area contributed by atoms with Gasteiger partial charge in [0.25, 0.3) is 0 Å². The van der Waals surface area contributed by atoms with Crippen LogP contribution in [-0.4, -0.2) is 48.6 Å². The van der Waals surface area contributed by atoms with Gasteiger partial charge in [0.05, 0.1) is 12.6 Å². The van der Waals surface area contributed by atoms with Gasteiger partial charge in [-0.25, -0.2) is 0 Å². The number of hydrogen-bond donors (Lipinski definition) is 1. The SMILES string of the molecule is CCC1C(=O)NC(C(C)C)C(=O)N1C(C)COC. The third kappa shape index (κ3) is 2.83. The molecule has 3 atom stereocenters. The molecule has 1 saturated heterocycles. The molecule has 0 aliphatic carbocycles. The van der Waals surface area contributed by atoms with E-state index >= 15 is 0 Å². The van der Waals surface area contributed by atoms with Crippen molar-refractivity contribution in [1.29, 1.82) is 0 Å². The van der Waals surface area contributed by atoms with Gasteiger partial charge in [0.15, 0.2) is 0 Å². The van der Waals surface area contributed by atoms with Gasteiger partial charge in [-0.05, 0) is 19.3 Å². The molecule has 104 valence electrons. The van der Waals surface area contributed by atoms with Crippen LogP contribution in [0.3, 0.4) is 0 Å². The fourth-order valence-electron chi connectivity index (χ4n) is 2.43. The van der Waals surface area contributed by atoms with Gasteiger partial charge >= 0.3 is 0 Å². The molecule has 1 rings (SSSR count). The second kappa shape index (κ2) is 6.18. The molecule has 18 heavy (non-hydrogen) atoms. The molecule has 1 aliphatic rings. The van der Waals surface area contributed by atoms with E-state index in [4.69, 9.17) is 4.74 Å². The molecule has 0 radical (unpaired) electrons. The zero-order valence-corrected chi connectivity index (χ0v) is 11.9. The topological polar surface area (TPSA) is 58.6 Å². The predicted molar refractivity (Wildman–Crippen MR) is 69.0 cm³/mol. The highest BCUT2D eigenvalue weighted by molar-refractivity contribution is 5.97. The first-order valence-electron chi connectivity index (χ1n) is 6.55. The molecule has 1 aliphatic heterocycles. The molecule has 0 bridgehead atoms. The summed E-state index contributed by atoms with van der Waals surface area (Å²) in [5, 5.41) is 2.82. The van der Waals surface area contributed by atoms with E-state index in [-0.39, 0.29) is 29.8 Å². The Morgan fingerprint density at radius 1 is 1.33 bits per heavy atom. The maximum Gasteiger partial charge on any atom is 0.246 e. The minimum absolute atomic E-state index is 0.000926. The number of methoxy groups -OCH3 is 1. The lowest BCUT2D eigenvalue weighted by molar-refractivity contribution is -0.154. The van der Waals surface area contributed by atoms with Crippen molar-refractivity contribution in [3.8, 4) is 0 Å². The zero-order valence-electron chi connectivity index (χ0n) is 11.9. The van der Waals surface area contributed by atoms with Crippen LogP contribution < -0.4 is 5.32 Å². The zero-order chi connectivity index (χ0) is 13.9. The summed E-state index contributed by atoms with van der Waals surface area (Å²) < 4.78 is 5.10. The Bertz CT molecular complexity index is 317. The Kier molecular flexibility index (Phi) is 5.14. The van der Waals surface area contributed by atoms with Crippen molar-refractivity contribution in [1.82, 2.24) is 10.2 Å². The van der Waals surface area contributed by atoms with Gasteiger partial charge in [-0.1, -0.05) is 20.8 Å². The standard InChI is InChI=1S/C13H24N2O3/c1-6-10-12(16)14-11(8(2)3)13(17)15(10)9(4)7-18-5/h8-11H,6-7H2,1-5H3,(H,14,16). The van der Waals surface area contributed by atoms with E-state index in [1.54, 1.807) is 12.0 Å². The Morgan fingerprint density at radius 2 is 1.94 bits per heavy atom. The van der Waals surface area contributed by atoms with Gasteiger partial charge in [-0.15, -0.1) is 0 Å². The fourth-order valence-corrected chi connectivity index (χ4v) is 2.43. The highest BCUT2D eigenvalue weighted by Crippen LogP contribution is 2.20. The average molecular weight is 256 g/mol. The van der Waals surface area contributed by atoms with Crippen molar-refractivity contribution in [3.05, 3.63) is 0 Å². The van der Waals surface area contributed by atoms with Crippen LogP contribution in [0.2, 0.25) is 0 Å². The maximum atomic E-state index is 12.5. The van der Waals surface area contributed by atoms with Crippen LogP contribution in [0.15, 0.2) is 0 Å². The molecule has 0 aromatic heterocycles. The molecule has 1 N–H and O–H groups in total. The second-order valence-electron chi connectivity index (χ2n) is 5.20. The summed E-state index contributed by atoms with van der Waals surface area (Å²) in [6.07, 6.45) is 0.621. The Hall–Kier alpha value is -1.10. The molecule has 0 saturated carbocycles. The first-order valence-corrected chi connectivity index (χ1v) is 6.55. The van der Waals surface area contributed by atoms with Crippen molar-refractivity contribution >= 4 is 11.8 Å². The Morgan fingerprint density at radius 3 is 2.39 bits per heavy atom. The minimum atomic E-state index is -0.417. The normalized spacial score (nSPS) is 26.4. The molecular formula is C13H24N2O3. The molecular weight excluding hydrogens is 232 g/mol. The van der Waals surface area contributed by atoms with Crippen molar-refractivity contribution < 1.29 is 14.3 Å². The number of carbonyl (C=O) groups excluding carboxylic acids is 2. The molecule has 5 heteroatoms. The van der Waals surface area contributed by atoms with Crippen molar-refractivity contribution in [2.75, 3.05) is 13.7 Å². The van der Waals surface area contributed by atoms with E-state index in [9.17, 15) is 9.59 Å². The number of amides is 2. The van der Waals surface area contributed by atoms with Crippen LogP contribution in [0.25, 0.3) is 0 Å². The van der Waals surface area contributed by atoms with Crippen molar-refractivity contribution in [2.24, 2.45) is 5.92 Å². The van der Waals surface area contributed by atoms with Gasteiger partial charge in [0.1, 0.15) is 12.1 Å². The molecule has 2 amide bonds. The minimum Gasteiger partial charge on any atom is -0.383 e. The number of nitrogens with zero attached hydrogens (tertiary/aromatic N) is 1. The first-order chi connectivity index (χ1) is 8.43. The molecule has 0 aromatic carbocycles. The van der Waals surface area contributed by atoms with E-state index < -0.39 is 6.04 Å². The number of carbonyl (C=O) groups is 2. The van der Waals surface area contributed by atoms with E-state index in [0.717, 1.165) is 0 Å². The summed E-state index contributed by atoms with van der Waals surface area (Å²) in [4.78, 5) is 26.2. The predicted octanol–water partition coefficient (Wildman–Crippen LogP) is 0.783. The van der Waals surface area contributed by atoms with Crippen LogP contribution in [0.5, 0.6) is 0 Å². The van der Waals surface area contributed by atoms with Crippen molar-refractivity contribution in [3.63, 3.8) is 0 Å². The molecule has 0 spiro atoms. The number of piperazine rings is 1. The van der Waals surface area contributed by atoms with E-state index in [1.807, 2.05) is 27.7 Å². The quantitative estimate of drug-likeness (QED) is 0.791. The van der Waals surface area contributed by atoms with Crippen LogP contribution in [0.1, 0.15) is 34.1 Å². The van der Waals surface area contributed by atoms with Gasteiger partial charge in [-0.2, -0.15) is 0 Å². The Labute approximate surface area is 109 Å². The van der Waals surface area contributed by atoms with Gasteiger partial charge in [-0.3, -0.25) is 9.59 Å². The smallest absolute Gasteiger partial charge is 0.246 e. The summed E-state index contributed by atoms with van der Waals surface area (Å²) in [7, 11) is 1.60. The van der Waals surface area contributed by atoms with Crippen LogP contribution in [0.4, 0.5) is 0 Å². The summed E-state index contributed by atoms with van der Waals surface area (Å²) in [6.45, 7) is 8.16. The molecule has 0 aromatic rings. The molecule has 1 fully saturated rings. The second-order valence-corrected chi connectivity index (χ2v) is 5.20. The van der Waals surface area contributed by atoms with E-state index in [0.29, 0.717) is 13.0 Å². The fraction of sp³-hybridized carbons (Fsp3) is 0.846. The number of rotatable bonds is 5. The number of hydrogen-bond acceptors (Lipinski definition) is 3. The number of nitrogens with one attached hydrogen (secondary N) is 1. The molecule has 5 nitrogen and oxygen atoms in total. The van der Waals surface area contributed by atoms with Gasteiger partial charge in [0.2, 0.25) is 11.8 Å². The Balaban J connectivity index is 2.98. The molecule has 1 heterocycles. The van der Waals surface area contributed by atoms with Gasteiger partial charge < -0.3 is 15.0 Å². The van der Waals surface area contributed by atoms with Gasteiger partial charge in [0, 0.05) is 7.11 Å². The average Bonchev–Trinajstić information content (AvgIpc) is 2.30. The molecule has 3 unspecified atom stereocenters. The highest BCUT2D eigenvalue weighted by atomic mass is 16.5. The monoisotopic (exact) mass is 256 g/mol. The van der Waals surface area contributed by atoms with Crippen LogP contribution in [-0.2, 0) is 14.3 Å². The van der Waals surface area contributed by atoms with Crippen molar-refractivity contribution in [2.45, 2.75) is 52.2 Å². The summed E-state index contributed by atoms with van der Waals surface area (Å²) in [5.74, 6) is 0.0382. The maximum absolute atomic E-state index is 12.5. The van der Waals surface area contributed by atoms with E-state index in [2.05, 4.69) is 5.32 Å². The summed E-state index contributed by atoms with van der Waals surface area (Å²) in [6, 6.07) is -0.878. The first kappa shape index (κ1) is 15.0. The van der Waals surface area contributed by atoms with Crippen LogP contribution in [0, 0.1) is 5.92 Å². The largest absolute Gasteiger partial charge is 0.383 e. The summed E-state index contributed by atoms with van der Waals surface area (Å²) in [5.41, 5.74) is 0. The lowest BCUT2D eigenvalue weighted by Crippen LogP contribution is -2.66. The number of ether oxygens (including phenoxy) is 1. The van der Waals surface area contributed by atoms with Crippen LogP contribution >= 0.6 is 0 Å². The highest BCUT2D eigenvalue weighted by Gasteiger charge is 2.42. The third-order valence-electron chi connectivity index (χ3n) is 3.39. The lowest BCUT2D eigenvalue weighted by Gasteiger charge is -2.43. The van der Waals surface area contributed by atoms with E-state index in [1.165, 1.54) is 0 Å². The lowest BCUT2D eigenvalue weighted by atomic mass is 9.95. The third-order valence-corrected chi connectivity index (χ3v) is 3.39. The summed E-state index contributed by atoms with van der Waals surface area (Å²) >= 11 is 0.